The summed E-state index contributed by atoms with van der Waals surface area (Å²) in [5.41, 5.74) is 14.6. The minimum Gasteiger partial charge on any atom is -0.310 e. The number of hydrogen-bond acceptors (Lipinski definition) is 1. The van der Waals surface area contributed by atoms with Gasteiger partial charge in [0.25, 0.3) is 0 Å². The zero-order chi connectivity index (χ0) is 36.7. The molecule has 11 rings (SSSR count). The van der Waals surface area contributed by atoms with Gasteiger partial charge < -0.3 is 9.47 Å². The maximum atomic E-state index is 2.46. The Balaban J connectivity index is 1.01. The summed E-state index contributed by atoms with van der Waals surface area (Å²) in [6.07, 6.45) is 0. The van der Waals surface area contributed by atoms with Gasteiger partial charge in [-0.3, -0.25) is 0 Å². The summed E-state index contributed by atoms with van der Waals surface area (Å²) in [5, 5.41) is 7.61. The quantitative estimate of drug-likeness (QED) is 0.173. The number of anilines is 3. The monoisotopic (exact) mass is 702 g/mol. The van der Waals surface area contributed by atoms with Gasteiger partial charge in [-0.05, 0) is 128 Å². The van der Waals surface area contributed by atoms with Crippen LogP contribution >= 0.6 is 0 Å². The Morgan fingerprint density at radius 3 is 1.75 bits per heavy atom. The van der Waals surface area contributed by atoms with Crippen LogP contribution in [-0.4, -0.2) is 4.57 Å². The normalized spacial score (nSPS) is 13.1. The molecule has 0 bridgehead atoms. The van der Waals surface area contributed by atoms with Crippen molar-refractivity contribution in [2.24, 2.45) is 0 Å². The van der Waals surface area contributed by atoms with Gasteiger partial charge in [-0.1, -0.05) is 135 Å². The Labute approximate surface area is 321 Å². The lowest BCUT2D eigenvalue weighted by Crippen LogP contribution is -2.17. The van der Waals surface area contributed by atoms with Gasteiger partial charge >= 0.3 is 0 Å². The van der Waals surface area contributed by atoms with Crippen LogP contribution in [0.2, 0.25) is 0 Å². The number of para-hydroxylation sites is 2. The molecule has 1 heterocycles. The number of benzene rings is 9. The van der Waals surface area contributed by atoms with E-state index in [1.807, 2.05) is 0 Å². The van der Waals surface area contributed by atoms with Gasteiger partial charge in [0.15, 0.2) is 0 Å². The van der Waals surface area contributed by atoms with Crippen molar-refractivity contribution in [3.63, 3.8) is 0 Å². The molecule has 0 unspecified atom stereocenters. The van der Waals surface area contributed by atoms with Crippen molar-refractivity contribution in [1.82, 2.24) is 4.57 Å². The second-order valence-electron chi connectivity index (χ2n) is 15.4. The van der Waals surface area contributed by atoms with Crippen LogP contribution in [0.4, 0.5) is 17.1 Å². The summed E-state index contributed by atoms with van der Waals surface area (Å²) in [7, 11) is 0. The molecular weight excluding hydrogens is 665 g/mol. The zero-order valence-corrected chi connectivity index (χ0v) is 30.9. The summed E-state index contributed by atoms with van der Waals surface area (Å²) >= 11 is 0. The van der Waals surface area contributed by atoms with Gasteiger partial charge in [-0.25, -0.2) is 0 Å². The first kappa shape index (κ1) is 31.6. The third kappa shape index (κ3) is 4.95. The fourth-order valence-electron chi connectivity index (χ4n) is 9.12. The van der Waals surface area contributed by atoms with Gasteiger partial charge in [0.05, 0.1) is 11.0 Å². The summed E-state index contributed by atoms with van der Waals surface area (Å²) in [4.78, 5) is 2.39. The minimum absolute atomic E-state index is 0.204. The predicted molar refractivity (Wildman–Crippen MR) is 233 cm³/mol. The standard InChI is InChI=1S/C53H38N2/c1-53(2)49-33-43(54(41-16-4-3-5-17-41)42-24-22-36(23-25-42)40-21-20-35-12-6-7-13-37(35)30-40)26-28-45(49)46-29-27-44(34-50(46)53)55-51-19-11-10-18-47(51)48-31-38-14-8-9-15-39(38)32-52(48)55/h3-34H,1-2H3. The Morgan fingerprint density at radius 2 is 0.964 bits per heavy atom. The Morgan fingerprint density at radius 1 is 0.382 bits per heavy atom. The molecule has 0 atom stereocenters. The molecule has 1 aliphatic rings. The highest BCUT2D eigenvalue weighted by Crippen LogP contribution is 2.51. The third-order valence-corrected chi connectivity index (χ3v) is 11.9. The van der Waals surface area contributed by atoms with Crippen molar-refractivity contribution >= 4 is 60.4 Å². The fourth-order valence-corrected chi connectivity index (χ4v) is 9.12. The van der Waals surface area contributed by atoms with Gasteiger partial charge in [0.2, 0.25) is 0 Å². The average Bonchev–Trinajstić information content (AvgIpc) is 3.67. The number of rotatable bonds is 5. The van der Waals surface area contributed by atoms with Crippen LogP contribution in [0.15, 0.2) is 194 Å². The van der Waals surface area contributed by atoms with Crippen LogP contribution in [0.25, 0.3) is 71.3 Å². The summed E-state index contributed by atoms with van der Waals surface area (Å²) < 4.78 is 2.46. The van der Waals surface area contributed by atoms with Crippen LogP contribution in [-0.2, 0) is 5.41 Å². The minimum atomic E-state index is -0.204. The molecule has 2 heteroatoms. The molecule has 0 spiro atoms. The fraction of sp³-hybridized carbons (Fsp3) is 0.0566. The molecule has 10 aromatic rings. The SMILES string of the molecule is CC1(C)c2cc(N(c3ccccc3)c3ccc(-c4ccc5ccccc5c4)cc3)ccc2-c2ccc(-n3c4ccccc4c4cc5ccccc5cc43)cc21. The van der Waals surface area contributed by atoms with Gasteiger partial charge in [0.1, 0.15) is 0 Å². The largest absolute Gasteiger partial charge is 0.310 e. The van der Waals surface area contributed by atoms with E-state index in [4.69, 9.17) is 0 Å². The van der Waals surface area contributed by atoms with Gasteiger partial charge in [-0.2, -0.15) is 0 Å². The van der Waals surface area contributed by atoms with Crippen LogP contribution in [0.1, 0.15) is 25.0 Å². The van der Waals surface area contributed by atoms with Crippen LogP contribution in [0.3, 0.4) is 0 Å². The maximum absolute atomic E-state index is 2.46. The molecule has 9 aromatic carbocycles. The Bertz CT molecular complexity index is 3110. The Kier molecular flexibility index (Phi) is 6.93. The van der Waals surface area contributed by atoms with Crippen molar-refractivity contribution in [2.75, 3.05) is 4.90 Å². The molecule has 1 aliphatic carbocycles. The molecule has 0 amide bonds. The van der Waals surface area contributed by atoms with Crippen molar-refractivity contribution in [2.45, 2.75) is 19.3 Å². The molecule has 0 saturated heterocycles. The molecule has 0 N–H and O–H groups in total. The van der Waals surface area contributed by atoms with Crippen LogP contribution in [0, 0.1) is 0 Å². The highest BCUT2D eigenvalue weighted by atomic mass is 15.1. The topological polar surface area (TPSA) is 8.17 Å². The third-order valence-electron chi connectivity index (χ3n) is 11.9. The van der Waals surface area contributed by atoms with Crippen molar-refractivity contribution in [3.8, 4) is 27.9 Å². The van der Waals surface area contributed by atoms with E-state index in [1.54, 1.807) is 0 Å². The van der Waals surface area contributed by atoms with Crippen molar-refractivity contribution in [1.29, 1.82) is 0 Å². The lowest BCUT2D eigenvalue weighted by Gasteiger charge is -2.28. The molecule has 0 saturated carbocycles. The van der Waals surface area contributed by atoms with Gasteiger partial charge in [-0.15, -0.1) is 0 Å². The summed E-state index contributed by atoms with van der Waals surface area (Å²) in [5.74, 6) is 0. The molecule has 55 heavy (non-hydrogen) atoms. The average molecular weight is 703 g/mol. The second kappa shape index (κ2) is 12.1. The molecule has 0 radical (unpaired) electrons. The zero-order valence-electron chi connectivity index (χ0n) is 30.9. The smallest absolute Gasteiger partial charge is 0.0547 e. The highest BCUT2D eigenvalue weighted by molar-refractivity contribution is 6.13. The van der Waals surface area contributed by atoms with Crippen molar-refractivity contribution in [3.05, 3.63) is 205 Å². The van der Waals surface area contributed by atoms with Crippen LogP contribution < -0.4 is 4.90 Å². The highest BCUT2D eigenvalue weighted by Gasteiger charge is 2.36. The molecule has 0 aliphatic heterocycles. The first-order valence-electron chi connectivity index (χ1n) is 19.2. The van der Waals surface area contributed by atoms with E-state index < -0.39 is 0 Å². The van der Waals surface area contributed by atoms with E-state index in [-0.39, 0.29) is 5.41 Å². The lowest BCUT2D eigenvalue weighted by molar-refractivity contribution is 0.660. The summed E-state index contributed by atoms with van der Waals surface area (Å²) in [6.45, 7) is 4.77. The Hall–Kier alpha value is -6.90. The summed E-state index contributed by atoms with van der Waals surface area (Å²) in [6, 6.07) is 71.4. The first-order chi connectivity index (χ1) is 27.0. The molecule has 1 aromatic heterocycles. The number of fused-ring (bicyclic) bond motifs is 8. The van der Waals surface area contributed by atoms with E-state index in [2.05, 4.69) is 217 Å². The van der Waals surface area contributed by atoms with E-state index in [9.17, 15) is 0 Å². The van der Waals surface area contributed by atoms with E-state index in [0.29, 0.717) is 0 Å². The van der Waals surface area contributed by atoms with E-state index in [1.165, 1.54) is 82.4 Å². The van der Waals surface area contributed by atoms with Gasteiger partial charge in [0, 0.05) is 38.9 Å². The number of aromatic nitrogens is 1. The van der Waals surface area contributed by atoms with E-state index in [0.717, 1.165) is 17.1 Å². The maximum Gasteiger partial charge on any atom is 0.0547 e. The molecule has 260 valence electrons. The first-order valence-corrected chi connectivity index (χ1v) is 19.2. The lowest BCUT2D eigenvalue weighted by atomic mass is 9.82. The molecular formula is C53H38N2. The van der Waals surface area contributed by atoms with Crippen LogP contribution in [0.5, 0.6) is 0 Å². The van der Waals surface area contributed by atoms with Crippen molar-refractivity contribution < 1.29 is 0 Å². The second-order valence-corrected chi connectivity index (χ2v) is 15.4. The number of nitrogens with zero attached hydrogens (tertiary/aromatic N) is 2. The number of hydrogen-bond donors (Lipinski definition) is 0. The molecule has 2 nitrogen and oxygen atoms in total. The molecule has 0 fully saturated rings. The van der Waals surface area contributed by atoms with E-state index >= 15 is 0 Å². The predicted octanol–water partition coefficient (Wildman–Crippen LogP) is 14.5.